The fraction of sp³-hybridized carbons (Fsp3) is 0.250. The van der Waals surface area contributed by atoms with E-state index in [0.717, 1.165) is 48.8 Å². The van der Waals surface area contributed by atoms with Crippen LogP contribution in [-0.2, 0) is 9.53 Å². The SMILES string of the molecule is CCCCCOCC#Cc1cccc(-c2csc(NC(=O)c3cc(F)c(C=C(C)C(=O)O)c(F)c3)n2)c1F. The van der Waals surface area contributed by atoms with E-state index >= 15 is 4.39 Å². The lowest BCUT2D eigenvalue weighted by Crippen LogP contribution is -2.13. The molecule has 6 nitrogen and oxygen atoms in total. The first-order chi connectivity index (χ1) is 18.2. The summed E-state index contributed by atoms with van der Waals surface area (Å²) in [6.45, 7) is 4.08. The van der Waals surface area contributed by atoms with Crippen molar-refractivity contribution in [2.75, 3.05) is 18.5 Å². The van der Waals surface area contributed by atoms with Crippen molar-refractivity contribution in [3.8, 4) is 23.1 Å². The van der Waals surface area contributed by atoms with Crippen molar-refractivity contribution in [2.45, 2.75) is 33.1 Å². The summed E-state index contributed by atoms with van der Waals surface area (Å²) in [5.41, 5.74) is -0.560. The number of halogens is 3. The zero-order valence-corrected chi connectivity index (χ0v) is 21.6. The van der Waals surface area contributed by atoms with Crippen LogP contribution in [0.25, 0.3) is 17.3 Å². The molecule has 0 radical (unpaired) electrons. The smallest absolute Gasteiger partial charge is 0.331 e. The molecule has 198 valence electrons. The van der Waals surface area contributed by atoms with Crippen molar-refractivity contribution < 1.29 is 32.6 Å². The van der Waals surface area contributed by atoms with Gasteiger partial charge >= 0.3 is 5.97 Å². The highest BCUT2D eigenvalue weighted by molar-refractivity contribution is 7.14. The van der Waals surface area contributed by atoms with E-state index in [9.17, 15) is 18.4 Å². The van der Waals surface area contributed by atoms with Gasteiger partial charge in [0.25, 0.3) is 5.91 Å². The molecule has 0 atom stereocenters. The lowest BCUT2D eigenvalue weighted by Gasteiger charge is -2.06. The van der Waals surface area contributed by atoms with Gasteiger partial charge < -0.3 is 9.84 Å². The highest BCUT2D eigenvalue weighted by Gasteiger charge is 2.18. The Labute approximate surface area is 222 Å². The molecule has 3 aromatic rings. The van der Waals surface area contributed by atoms with Gasteiger partial charge in [-0.25, -0.2) is 22.9 Å². The number of amides is 1. The van der Waals surface area contributed by atoms with Crippen LogP contribution in [0.15, 0.2) is 41.3 Å². The molecule has 2 N–H and O–H groups in total. The van der Waals surface area contributed by atoms with Gasteiger partial charge in [-0.15, -0.1) is 11.3 Å². The summed E-state index contributed by atoms with van der Waals surface area (Å²) in [6.07, 6.45) is 3.96. The van der Waals surface area contributed by atoms with Crippen LogP contribution in [0.1, 0.15) is 54.6 Å². The number of carboxylic acids is 1. The van der Waals surface area contributed by atoms with Crippen LogP contribution in [0, 0.1) is 29.3 Å². The van der Waals surface area contributed by atoms with Crippen molar-refractivity contribution >= 4 is 34.4 Å². The number of carbonyl (C=O) groups excluding carboxylic acids is 1. The number of hydrogen-bond acceptors (Lipinski definition) is 5. The fourth-order valence-electron chi connectivity index (χ4n) is 3.29. The lowest BCUT2D eigenvalue weighted by atomic mass is 10.1. The molecule has 0 spiro atoms. The maximum absolute atomic E-state index is 15.0. The van der Waals surface area contributed by atoms with E-state index in [1.165, 1.54) is 24.4 Å². The normalized spacial score (nSPS) is 11.1. The molecule has 1 amide bonds. The minimum atomic E-state index is -1.33. The van der Waals surface area contributed by atoms with Crippen molar-refractivity contribution in [1.82, 2.24) is 4.98 Å². The van der Waals surface area contributed by atoms with E-state index in [-0.39, 0.29) is 39.7 Å². The molecular formula is C28H25F3N2O4S. The van der Waals surface area contributed by atoms with Gasteiger partial charge in [0, 0.05) is 34.3 Å². The highest BCUT2D eigenvalue weighted by atomic mass is 32.1. The summed E-state index contributed by atoms with van der Waals surface area (Å²) >= 11 is 1.01. The van der Waals surface area contributed by atoms with Gasteiger partial charge in [0.05, 0.1) is 11.3 Å². The molecule has 0 bridgehead atoms. The second-order valence-corrected chi connectivity index (χ2v) is 9.06. The Morgan fingerprint density at radius 1 is 1.18 bits per heavy atom. The standard InChI is InChI=1S/C28H25F3N2O4S/c1-3-4-5-11-37-12-7-9-18-8-6-10-20(25(18)31)24-16-38-28(32-24)33-26(34)19-14-22(29)21(23(30)15-19)13-17(2)27(35)36/h6,8,10,13-16H,3-5,11-12H2,1-2H3,(H,35,36)(H,32,33,34). The molecule has 0 aliphatic rings. The van der Waals surface area contributed by atoms with Gasteiger partial charge in [-0.2, -0.15) is 0 Å². The largest absolute Gasteiger partial charge is 0.478 e. The number of hydrogen-bond donors (Lipinski definition) is 2. The zero-order valence-electron chi connectivity index (χ0n) is 20.7. The number of aliphatic carboxylic acids is 1. The molecule has 38 heavy (non-hydrogen) atoms. The van der Waals surface area contributed by atoms with E-state index in [2.05, 4.69) is 29.1 Å². The average molecular weight is 543 g/mol. The van der Waals surface area contributed by atoms with E-state index in [1.54, 1.807) is 6.07 Å². The van der Waals surface area contributed by atoms with E-state index in [4.69, 9.17) is 9.84 Å². The number of aromatic nitrogens is 1. The van der Waals surface area contributed by atoms with Crippen LogP contribution in [0.2, 0.25) is 0 Å². The molecule has 0 unspecified atom stereocenters. The van der Waals surface area contributed by atoms with Crippen LogP contribution in [0.4, 0.5) is 18.3 Å². The molecule has 2 aromatic carbocycles. The lowest BCUT2D eigenvalue weighted by molar-refractivity contribution is -0.132. The Hall–Kier alpha value is -3.94. The molecule has 0 fully saturated rings. The number of carboxylic acid groups (broad SMARTS) is 1. The number of unbranched alkanes of at least 4 members (excludes halogenated alkanes) is 2. The Morgan fingerprint density at radius 2 is 1.92 bits per heavy atom. The second-order valence-electron chi connectivity index (χ2n) is 8.21. The maximum Gasteiger partial charge on any atom is 0.331 e. The monoisotopic (exact) mass is 542 g/mol. The summed E-state index contributed by atoms with van der Waals surface area (Å²) in [5.74, 6) is 0.622. The van der Waals surface area contributed by atoms with Crippen molar-refractivity contribution in [3.63, 3.8) is 0 Å². The van der Waals surface area contributed by atoms with Gasteiger partial charge in [0.15, 0.2) is 5.13 Å². The summed E-state index contributed by atoms with van der Waals surface area (Å²) in [5, 5.41) is 13.0. The molecular weight excluding hydrogens is 517 g/mol. The Balaban J connectivity index is 1.72. The molecule has 0 saturated heterocycles. The van der Waals surface area contributed by atoms with Gasteiger partial charge in [0.1, 0.15) is 24.1 Å². The zero-order chi connectivity index (χ0) is 27.7. The van der Waals surface area contributed by atoms with Gasteiger partial charge in [-0.3, -0.25) is 10.1 Å². The first-order valence-corrected chi connectivity index (χ1v) is 12.6. The predicted molar refractivity (Wildman–Crippen MR) is 140 cm³/mol. The van der Waals surface area contributed by atoms with Gasteiger partial charge in [-0.1, -0.05) is 37.7 Å². The maximum atomic E-state index is 15.0. The van der Waals surface area contributed by atoms with Crippen LogP contribution >= 0.6 is 11.3 Å². The van der Waals surface area contributed by atoms with E-state index in [0.29, 0.717) is 6.61 Å². The Morgan fingerprint density at radius 3 is 2.61 bits per heavy atom. The van der Waals surface area contributed by atoms with E-state index < -0.39 is 34.9 Å². The van der Waals surface area contributed by atoms with Crippen molar-refractivity contribution in [3.05, 3.63) is 75.4 Å². The third-order valence-electron chi connectivity index (χ3n) is 5.33. The molecule has 1 aromatic heterocycles. The van der Waals surface area contributed by atoms with E-state index in [1.807, 2.05) is 0 Å². The second kappa shape index (κ2) is 13.6. The Kier molecular flexibility index (Phi) is 10.2. The first-order valence-electron chi connectivity index (χ1n) is 11.7. The van der Waals surface area contributed by atoms with Crippen molar-refractivity contribution in [2.24, 2.45) is 0 Å². The number of benzene rings is 2. The minimum absolute atomic E-state index is 0.0906. The predicted octanol–water partition coefficient (Wildman–Crippen LogP) is 6.53. The van der Waals surface area contributed by atoms with Crippen molar-refractivity contribution in [1.29, 1.82) is 0 Å². The van der Waals surface area contributed by atoms with Crippen LogP contribution in [-0.4, -0.2) is 35.2 Å². The highest BCUT2D eigenvalue weighted by Crippen LogP contribution is 2.29. The molecule has 3 rings (SSSR count). The number of ether oxygens (including phenoxy) is 1. The first kappa shape index (κ1) is 28.6. The number of nitrogens with zero attached hydrogens (tertiary/aromatic N) is 1. The fourth-order valence-corrected chi connectivity index (χ4v) is 4.00. The third-order valence-corrected chi connectivity index (χ3v) is 6.09. The van der Waals surface area contributed by atoms with Gasteiger partial charge in [-0.05, 0) is 43.7 Å². The average Bonchev–Trinajstić information content (AvgIpc) is 3.34. The number of thiazole rings is 1. The number of anilines is 1. The van der Waals surface area contributed by atoms with Crippen LogP contribution < -0.4 is 5.32 Å². The number of rotatable bonds is 10. The Bertz CT molecular complexity index is 1400. The number of nitrogens with one attached hydrogen (secondary N) is 1. The molecule has 0 aliphatic heterocycles. The molecule has 0 saturated carbocycles. The van der Waals surface area contributed by atoms with Crippen LogP contribution in [0.5, 0.6) is 0 Å². The molecule has 1 heterocycles. The van der Waals surface area contributed by atoms with Gasteiger partial charge in [0.2, 0.25) is 0 Å². The summed E-state index contributed by atoms with van der Waals surface area (Å²) < 4.78 is 49.2. The third kappa shape index (κ3) is 7.54. The molecule has 10 heteroatoms. The van der Waals surface area contributed by atoms with Crippen LogP contribution in [0.3, 0.4) is 0 Å². The summed E-state index contributed by atoms with van der Waals surface area (Å²) in [7, 11) is 0. The number of carbonyl (C=O) groups is 2. The summed E-state index contributed by atoms with van der Waals surface area (Å²) in [4.78, 5) is 27.7. The molecule has 0 aliphatic carbocycles. The quantitative estimate of drug-likeness (QED) is 0.173. The minimum Gasteiger partial charge on any atom is -0.478 e. The topological polar surface area (TPSA) is 88.5 Å². The summed E-state index contributed by atoms with van der Waals surface area (Å²) in [6, 6.07) is 6.29.